The third-order valence-electron chi connectivity index (χ3n) is 4.58. The first-order valence-corrected chi connectivity index (χ1v) is 9.35. The molecule has 3 rings (SSSR count). The average molecular weight is 446 g/mol. The number of hydrogen-bond donors (Lipinski definition) is 1. The molecule has 146 valence electrons. The fourth-order valence-corrected chi connectivity index (χ4v) is 3.14. The van der Waals surface area contributed by atoms with Crippen molar-refractivity contribution in [1.29, 1.82) is 0 Å². The minimum Gasteiger partial charge on any atom is -0.308 e. The molecule has 1 N–H and O–H groups in total. The molecule has 0 aliphatic heterocycles. The van der Waals surface area contributed by atoms with Crippen LogP contribution in [-0.2, 0) is 20.6 Å². The second kappa shape index (κ2) is 7.59. The number of aromatic nitrogens is 4. The SMILES string of the molecule is Cc1nn(Cc2cccc(C(=O)Nc3cc(=O)n(C)c(=O)n3C)c2)c(C)c1Br. The Kier molecular flexibility index (Phi) is 5.37. The summed E-state index contributed by atoms with van der Waals surface area (Å²) in [7, 11) is 2.88. The predicted octanol–water partition coefficient (Wildman–Crippen LogP) is 1.96. The van der Waals surface area contributed by atoms with Crippen molar-refractivity contribution in [3.63, 3.8) is 0 Å². The third kappa shape index (κ3) is 3.70. The van der Waals surface area contributed by atoms with Crippen LogP contribution in [0.3, 0.4) is 0 Å². The first kappa shape index (κ1) is 19.8. The molecule has 3 aromatic rings. The molecular formula is C19H20BrN5O3. The number of hydrogen-bond acceptors (Lipinski definition) is 4. The minimum atomic E-state index is -0.508. The molecule has 1 amide bonds. The summed E-state index contributed by atoms with van der Waals surface area (Å²) in [5, 5.41) is 7.11. The smallest absolute Gasteiger partial charge is 0.308 e. The van der Waals surface area contributed by atoms with E-state index in [1.54, 1.807) is 18.2 Å². The van der Waals surface area contributed by atoms with Crippen molar-refractivity contribution in [2.24, 2.45) is 14.1 Å². The Morgan fingerprint density at radius 2 is 1.86 bits per heavy atom. The molecule has 28 heavy (non-hydrogen) atoms. The van der Waals surface area contributed by atoms with E-state index < -0.39 is 17.2 Å². The van der Waals surface area contributed by atoms with Crippen molar-refractivity contribution < 1.29 is 4.79 Å². The molecule has 0 saturated heterocycles. The number of aryl methyl sites for hydroxylation is 1. The lowest BCUT2D eigenvalue weighted by molar-refractivity contribution is 0.102. The lowest BCUT2D eigenvalue weighted by Gasteiger charge is -2.11. The van der Waals surface area contributed by atoms with Crippen LogP contribution in [0.25, 0.3) is 0 Å². The van der Waals surface area contributed by atoms with Crippen molar-refractivity contribution >= 4 is 27.7 Å². The first-order chi connectivity index (χ1) is 13.2. The van der Waals surface area contributed by atoms with Crippen molar-refractivity contribution in [1.82, 2.24) is 18.9 Å². The zero-order valence-corrected chi connectivity index (χ0v) is 17.6. The summed E-state index contributed by atoms with van der Waals surface area (Å²) in [4.78, 5) is 36.5. The van der Waals surface area contributed by atoms with Crippen molar-refractivity contribution in [2.75, 3.05) is 5.32 Å². The van der Waals surface area contributed by atoms with Crippen LogP contribution in [0.15, 0.2) is 44.4 Å². The fourth-order valence-electron chi connectivity index (χ4n) is 2.85. The molecule has 0 unspecified atom stereocenters. The van der Waals surface area contributed by atoms with Gasteiger partial charge in [-0.3, -0.25) is 23.4 Å². The zero-order valence-electron chi connectivity index (χ0n) is 16.0. The van der Waals surface area contributed by atoms with Crippen LogP contribution in [0.5, 0.6) is 0 Å². The molecular weight excluding hydrogens is 426 g/mol. The summed E-state index contributed by atoms with van der Waals surface area (Å²) in [6, 6.07) is 8.35. The van der Waals surface area contributed by atoms with Gasteiger partial charge in [0.05, 0.1) is 22.4 Å². The highest BCUT2D eigenvalue weighted by Crippen LogP contribution is 2.21. The number of benzene rings is 1. The second-order valence-electron chi connectivity index (χ2n) is 6.57. The van der Waals surface area contributed by atoms with Crippen LogP contribution < -0.4 is 16.6 Å². The standard InChI is InChI=1S/C19H20BrN5O3/c1-11-17(20)12(2)25(22-11)10-13-6-5-7-14(8-13)18(27)21-15-9-16(26)24(4)19(28)23(15)3/h5-9H,10H2,1-4H3,(H,21,27). The van der Waals surface area contributed by atoms with Gasteiger partial charge in [0.15, 0.2) is 0 Å². The van der Waals surface area contributed by atoms with Crippen molar-refractivity contribution in [2.45, 2.75) is 20.4 Å². The Labute approximate surface area is 169 Å². The molecule has 8 nitrogen and oxygen atoms in total. The maximum Gasteiger partial charge on any atom is 0.332 e. The highest BCUT2D eigenvalue weighted by atomic mass is 79.9. The van der Waals surface area contributed by atoms with E-state index in [1.165, 1.54) is 24.7 Å². The molecule has 2 heterocycles. The average Bonchev–Trinajstić information content (AvgIpc) is 2.91. The van der Waals surface area contributed by atoms with Gasteiger partial charge in [0.2, 0.25) is 0 Å². The van der Waals surface area contributed by atoms with Gasteiger partial charge in [0.1, 0.15) is 5.82 Å². The second-order valence-corrected chi connectivity index (χ2v) is 7.36. The molecule has 0 saturated carbocycles. The van der Waals surface area contributed by atoms with E-state index in [-0.39, 0.29) is 5.82 Å². The van der Waals surface area contributed by atoms with Crippen molar-refractivity contribution in [3.05, 3.63) is 78.2 Å². The molecule has 0 bridgehead atoms. The fraction of sp³-hybridized carbons (Fsp3) is 0.263. The van der Waals surface area contributed by atoms with Crippen LogP contribution in [0.2, 0.25) is 0 Å². The van der Waals surface area contributed by atoms with E-state index in [2.05, 4.69) is 26.3 Å². The molecule has 0 fully saturated rings. The summed E-state index contributed by atoms with van der Waals surface area (Å²) in [5.74, 6) is -0.259. The minimum absolute atomic E-state index is 0.144. The van der Waals surface area contributed by atoms with Gasteiger partial charge in [0, 0.05) is 25.7 Å². The first-order valence-electron chi connectivity index (χ1n) is 8.56. The summed E-state index contributed by atoms with van der Waals surface area (Å²) < 4.78 is 5.02. The topological polar surface area (TPSA) is 90.9 Å². The molecule has 0 radical (unpaired) electrons. The quantitative estimate of drug-likeness (QED) is 0.664. The molecule has 1 aromatic carbocycles. The zero-order chi connectivity index (χ0) is 20.6. The summed E-state index contributed by atoms with van der Waals surface area (Å²) in [6.07, 6.45) is 0. The molecule has 0 aliphatic rings. The normalized spacial score (nSPS) is 10.9. The molecule has 0 spiro atoms. The van der Waals surface area contributed by atoms with E-state index in [0.29, 0.717) is 12.1 Å². The Balaban J connectivity index is 1.86. The van der Waals surface area contributed by atoms with E-state index in [0.717, 1.165) is 26.0 Å². The van der Waals surface area contributed by atoms with Crippen LogP contribution in [0.1, 0.15) is 27.3 Å². The van der Waals surface area contributed by atoms with Crippen LogP contribution in [-0.4, -0.2) is 24.8 Å². The van der Waals surface area contributed by atoms with Gasteiger partial charge >= 0.3 is 5.69 Å². The number of carbonyl (C=O) groups is 1. The van der Waals surface area contributed by atoms with E-state index in [1.807, 2.05) is 24.6 Å². The van der Waals surface area contributed by atoms with Gasteiger partial charge in [-0.15, -0.1) is 0 Å². The Hall–Kier alpha value is -2.94. The van der Waals surface area contributed by atoms with E-state index in [9.17, 15) is 14.4 Å². The number of nitrogens with one attached hydrogen (secondary N) is 1. The largest absolute Gasteiger partial charge is 0.332 e. The van der Waals surface area contributed by atoms with Gasteiger partial charge in [-0.2, -0.15) is 5.10 Å². The van der Waals surface area contributed by atoms with E-state index in [4.69, 9.17) is 0 Å². The number of rotatable bonds is 4. The molecule has 9 heteroatoms. The maximum absolute atomic E-state index is 12.6. The lowest BCUT2D eigenvalue weighted by atomic mass is 10.1. The van der Waals surface area contributed by atoms with Crippen molar-refractivity contribution in [3.8, 4) is 0 Å². The summed E-state index contributed by atoms with van der Waals surface area (Å²) in [6.45, 7) is 4.41. The van der Waals surface area contributed by atoms with Crippen LogP contribution >= 0.6 is 15.9 Å². The Bertz CT molecular complexity index is 1190. The Morgan fingerprint density at radius 3 is 2.50 bits per heavy atom. The highest BCUT2D eigenvalue weighted by Gasteiger charge is 2.13. The third-order valence-corrected chi connectivity index (χ3v) is 5.73. The number of carbonyl (C=O) groups excluding carboxylic acids is 1. The number of nitrogens with zero attached hydrogens (tertiary/aromatic N) is 4. The molecule has 0 atom stereocenters. The van der Waals surface area contributed by atoms with Gasteiger partial charge in [0.25, 0.3) is 11.5 Å². The highest BCUT2D eigenvalue weighted by molar-refractivity contribution is 9.10. The van der Waals surface area contributed by atoms with E-state index >= 15 is 0 Å². The molecule has 0 aliphatic carbocycles. The lowest BCUT2D eigenvalue weighted by Crippen LogP contribution is -2.38. The monoisotopic (exact) mass is 445 g/mol. The van der Waals surface area contributed by atoms with Gasteiger partial charge in [-0.05, 0) is 47.5 Å². The van der Waals surface area contributed by atoms with Crippen LogP contribution in [0.4, 0.5) is 5.82 Å². The number of amides is 1. The summed E-state index contributed by atoms with van der Waals surface area (Å²) >= 11 is 3.51. The van der Waals surface area contributed by atoms with Crippen LogP contribution in [0, 0.1) is 13.8 Å². The van der Waals surface area contributed by atoms with Gasteiger partial charge < -0.3 is 5.32 Å². The number of halogens is 1. The van der Waals surface area contributed by atoms with Gasteiger partial charge in [-0.25, -0.2) is 4.79 Å². The summed E-state index contributed by atoms with van der Waals surface area (Å²) in [5.41, 5.74) is 2.24. The predicted molar refractivity (Wildman–Crippen MR) is 110 cm³/mol. The Morgan fingerprint density at radius 1 is 1.14 bits per heavy atom. The molecule has 2 aromatic heterocycles. The number of anilines is 1. The maximum atomic E-state index is 12.6. The van der Waals surface area contributed by atoms with Gasteiger partial charge in [-0.1, -0.05) is 12.1 Å².